The van der Waals surface area contributed by atoms with Gasteiger partial charge >= 0.3 is 5.76 Å². The monoisotopic (exact) mass is 262 g/mol. The van der Waals surface area contributed by atoms with Gasteiger partial charge in [0.05, 0.1) is 5.52 Å². The van der Waals surface area contributed by atoms with Gasteiger partial charge in [0.25, 0.3) is 0 Å². The lowest BCUT2D eigenvalue weighted by Gasteiger charge is -2.25. The quantitative estimate of drug-likeness (QED) is 0.912. The number of nitrogens with zero attached hydrogens (tertiary/aromatic N) is 1. The summed E-state index contributed by atoms with van der Waals surface area (Å²) in [6, 6.07) is 5.65. The number of amides is 1. The SMILES string of the molecule is CC(=O)NCC(C)(C)c1ccc2oc(=O)n(C)c2c1. The van der Waals surface area contributed by atoms with Crippen LogP contribution in [0, 0.1) is 0 Å². The lowest BCUT2D eigenvalue weighted by molar-refractivity contribution is -0.119. The van der Waals surface area contributed by atoms with Crippen molar-refractivity contribution in [2.24, 2.45) is 7.05 Å². The summed E-state index contributed by atoms with van der Waals surface area (Å²) in [6.07, 6.45) is 0. The lowest BCUT2D eigenvalue weighted by atomic mass is 9.84. The van der Waals surface area contributed by atoms with Crippen molar-refractivity contribution in [3.8, 4) is 0 Å². The third-order valence-corrected chi connectivity index (χ3v) is 3.35. The zero-order valence-corrected chi connectivity index (χ0v) is 11.6. The number of rotatable bonds is 3. The molecule has 0 aliphatic heterocycles. The van der Waals surface area contributed by atoms with Crippen LogP contribution in [-0.2, 0) is 17.3 Å². The molecule has 0 spiro atoms. The number of hydrogen-bond acceptors (Lipinski definition) is 3. The first kappa shape index (κ1) is 13.4. The number of nitrogens with one attached hydrogen (secondary N) is 1. The number of carbonyl (C=O) groups is 1. The Hall–Kier alpha value is -2.04. The molecule has 2 rings (SSSR count). The highest BCUT2D eigenvalue weighted by molar-refractivity contribution is 5.75. The first-order chi connectivity index (χ1) is 8.81. The lowest BCUT2D eigenvalue weighted by Crippen LogP contribution is -2.35. The van der Waals surface area contributed by atoms with Crippen molar-refractivity contribution in [3.63, 3.8) is 0 Å². The first-order valence-corrected chi connectivity index (χ1v) is 6.16. The van der Waals surface area contributed by atoms with Gasteiger partial charge in [-0.25, -0.2) is 4.79 Å². The van der Waals surface area contributed by atoms with Crippen molar-refractivity contribution in [2.45, 2.75) is 26.2 Å². The Bertz CT molecular complexity index is 680. The van der Waals surface area contributed by atoms with Crippen LogP contribution in [0.3, 0.4) is 0 Å². The van der Waals surface area contributed by atoms with Gasteiger partial charge in [-0.1, -0.05) is 19.9 Å². The molecule has 2 aromatic rings. The molecule has 5 heteroatoms. The molecule has 5 nitrogen and oxygen atoms in total. The van der Waals surface area contributed by atoms with Crippen LogP contribution in [-0.4, -0.2) is 17.0 Å². The minimum Gasteiger partial charge on any atom is -0.408 e. The maximum atomic E-state index is 11.5. The number of hydrogen-bond donors (Lipinski definition) is 1. The van der Waals surface area contributed by atoms with E-state index in [0.717, 1.165) is 11.1 Å². The first-order valence-electron chi connectivity index (χ1n) is 6.16. The Morgan fingerprint density at radius 3 is 2.74 bits per heavy atom. The van der Waals surface area contributed by atoms with E-state index in [1.54, 1.807) is 13.1 Å². The van der Waals surface area contributed by atoms with Crippen LogP contribution in [0.2, 0.25) is 0 Å². The summed E-state index contributed by atoms with van der Waals surface area (Å²) in [7, 11) is 1.68. The summed E-state index contributed by atoms with van der Waals surface area (Å²) in [4.78, 5) is 22.5. The van der Waals surface area contributed by atoms with Crippen LogP contribution in [0.25, 0.3) is 11.1 Å². The van der Waals surface area contributed by atoms with Gasteiger partial charge in [-0.2, -0.15) is 0 Å². The molecular weight excluding hydrogens is 244 g/mol. The minimum atomic E-state index is -0.369. The summed E-state index contributed by atoms with van der Waals surface area (Å²) in [5.41, 5.74) is 2.17. The Balaban J connectivity index is 2.42. The second kappa shape index (κ2) is 4.57. The predicted octanol–water partition coefficient (Wildman–Crippen LogP) is 1.55. The fourth-order valence-corrected chi connectivity index (χ4v) is 2.00. The van der Waals surface area contributed by atoms with Gasteiger partial charge in [0.2, 0.25) is 5.91 Å². The molecule has 1 heterocycles. The van der Waals surface area contributed by atoms with Crippen molar-refractivity contribution in [2.75, 3.05) is 6.54 Å². The minimum absolute atomic E-state index is 0.0511. The fourth-order valence-electron chi connectivity index (χ4n) is 2.00. The van der Waals surface area contributed by atoms with E-state index in [1.807, 2.05) is 26.0 Å². The highest BCUT2D eigenvalue weighted by atomic mass is 16.4. The molecule has 1 amide bonds. The Kier molecular flexibility index (Phi) is 3.22. The molecule has 1 aromatic carbocycles. The number of carbonyl (C=O) groups excluding carboxylic acids is 1. The maximum absolute atomic E-state index is 11.5. The van der Waals surface area contributed by atoms with E-state index < -0.39 is 0 Å². The fraction of sp³-hybridized carbons (Fsp3) is 0.429. The summed E-state index contributed by atoms with van der Waals surface area (Å²) in [5, 5.41) is 2.82. The van der Waals surface area contributed by atoms with E-state index in [-0.39, 0.29) is 17.1 Å². The van der Waals surface area contributed by atoms with Crippen molar-refractivity contribution in [1.29, 1.82) is 0 Å². The summed E-state index contributed by atoms with van der Waals surface area (Å²) >= 11 is 0. The van der Waals surface area contributed by atoms with E-state index in [0.29, 0.717) is 12.1 Å². The second-order valence-corrected chi connectivity index (χ2v) is 5.40. The maximum Gasteiger partial charge on any atom is 0.419 e. The largest absolute Gasteiger partial charge is 0.419 e. The van der Waals surface area contributed by atoms with Crippen LogP contribution < -0.4 is 11.1 Å². The van der Waals surface area contributed by atoms with E-state index >= 15 is 0 Å². The van der Waals surface area contributed by atoms with Gasteiger partial charge in [-0.15, -0.1) is 0 Å². The van der Waals surface area contributed by atoms with E-state index in [1.165, 1.54) is 11.5 Å². The highest BCUT2D eigenvalue weighted by Gasteiger charge is 2.22. The van der Waals surface area contributed by atoms with Gasteiger partial charge in [0.1, 0.15) is 0 Å². The molecule has 102 valence electrons. The number of aromatic nitrogens is 1. The third kappa shape index (κ3) is 2.54. The molecule has 0 aliphatic rings. The van der Waals surface area contributed by atoms with E-state index in [9.17, 15) is 9.59 Å². The molecule has 0 aliphatic carbocycles. The van der Waals surface area contributed by atoms with Crippen LogP contribution in [0.4, 0.5) is 0 Å². The molecule has 19 heavy (non-hydrogen) atoms. The van der Waals surface area contributed by atoms with Gasteiger partial charge in [0.15, 0.2) is 5.58 Å². The molecular formula is C14H18N2O3. The molecule has 0 bridgehead atoms. The summed E-state index contributed by atoms with van der Waals surface area (Å²) in [5.74, 6) is -0.420. The van der Waals surface area contributed by atoms with Gasteiger partial charge in [0, 0.05) is 25.9 Å². The topological polar surface area (TPSA) is 64.2 Å². The van der Waals surface area contributed by atoms with Crippen LogP contribution in [0.1, 0.15) is 26.3 Å². The zero-order chi connectivity index (χ0) is 14.2. The Morgan fingerprint density at radius 1 is 1.42 bits per heavy atom. The average molecular weight is 262 g/mol. The van der Waals surface area contributed by atoms with Crippen LogP contribution in [0.5, 0.6) is 0 Å². The van der Waals surface area contributed by atoms with E-state index in [4.69, 9.17) is 4.42 Å². The summed E-state index contributed by atoms with van der Waals surface area (Å²) in [6.45, 7) is 6.13. The molecule has 0 fully saturated rings. The predicted molar refractivity (Wildman–Crippen MR) is 73.2 cm³/mol. The Labute approximate surface area is 111 Å². The number of fused-ring (bicyclic) bond motifs is 1. The normalized spacial score (nSPS) is 11.8. The standard InChI is InChI=1S/C14H18N2O3/c1-9(17)15-8-14(2,3)10-5-6-12-11(7-10)16(4)13(18)19-12/h5-7H,8H2,1-4H3,(H,15,17). The van der Waals surface area contributed by atoms with Crippen molar-refractivity contribution in [3.05, 3.63) is 34.3 Å². The molecule has 1 aromatic heterocycles. The number of aryl methyl sites for hydroxylation is 1. The molecule has 1 N–H and O–H groups in total. The van der Waals surface area contributed by atoms with Gasteiger partial charge in [-0.3, -0.25) is 9.36 Å². The molecule has 0 saturated carbocycles. The number of benzene rings is 1. The summed E-state index contributed by atoms with van der Waals surface area (Å²) < 4.78 is 6.58. The molecule has 0 unspecified atom stereocenters. The second-order valence-electron chi connectivity index (χ2n) is 5.40. The molecule has 0 atom stereocenters. The van der Waals surface area contributed by atoms with Crippen molar-refractivity contribution < 1.29 is 9.21 Å². The zero-order valence-electron chi connectivity index (χ0n) is 11.6. The van der Waals surface area contributed by atoms with Crippen LogP contribution in [0.15, 0.2) is 27.4 Å². The van der Waals surface area contributed by atoms with Crippen LogP contribution >= 0.6 is 0 Å². The number of oxazole rings is 1. The third-order valence-electron chi connectivity index (χ3n) is 3.35. The van der Waals surface area contributed by atoms with Crippen molar-refractivity contribution >= 4 is 17.0 Å². The Morgan fingerprint density at radius 2 is 2.11 bits per heavy atom. The van der Waals surface area contributed by atoms with Gasteiger partial charge in [-0.05, 0) is 17.7 Å². The average Bonchev–Trinajstić information content (AvgIpc) is 2.63. The van der Waals surface area contributed by atoms with Crippen molar-refractivity contribution in [1.82, 2.24) is 9.88 Å². The van der Waals surface area contributed by atoms with E-state index in [2.05, 4.69) is 5.32 Å². The van der Waals surface area contributed by atoms with Gasteiger partial charge < -0.3 is 9.73 Å². The molecule has 0 saturated heterocycles. The highest BCUT2D eigenvalue weighted by Crippen LogP contribution is 2.25. The smallest absolute Gasteiger partial charge is 0.408 e. The molecule has 0 radical (unpaired) electrons.